The molecule has 1 atom stereocenters. The highest BCUT2D eigenvalue weighted by Crippen LogP contribution is 2.17. The lowest BCUT2D eigenvalue weighted by atomic mass is 9.96. The molecule has 0 fully saturated rings. The van der Waals surface area contributed by atoms with Gasteiger partial charge >= 0.3 is 0 Å². The molecule has 1 amide bonds. The van der Waals surface area contributed by atoms with Gasteiger partial charge in [0.2, 0.25) is 5.91 Å². The normalized spacial score (nSPS) is 12.0. The summed E-state index contributed by atoms with van der Waals surface area (Å²) in [6, 6.07) is 5.64. The molecule has 1 aromatic rings. The molecule has 0 radical (unpaired) electrons. The van der Waals surface area contributed by atoms with Gasteiger partial charge in [-0.2, -0.15) is 5.26 Å². The van der Waals surface area contributed by atoms with Crippen molar-refractivity contribution in [2.24, 2.45) is 17.6 Å². The molecule has 19 heavy (non-hydrogen) atoms. The standard InChI is InChI=1S/C14H18FN3O/c1-9(2)5-11(8-17)14(19)18-12-3-4-13(15)10(6-12)7-16/h3-4,6,9,11H,5,8,17H2,1-2H3,(H,18,19). The van der Waals surface area contributed by atoms with E-state index in [9.17, 15) is 9.18 Å². The van der Waals surface area contributed by atoms with E-state index >= 15 is 0 Å². The van der Waals surface area contributed by atoms with Gasteiger partial charge in [0, 0.05) is 12.2 Å². The molecule has 1 rings (SSSR count). The number of nitriles is 1. The molecular formula is C14H18FN3O. The third-order valence-electron chi connectivity index (χ3n) is 2.77. The smallest absolute Gasteiger partial charge is 0.228 e. The molecular weight excluding hydrogens is 245 g/mol. The molecule has 0 saturated carbocycles. The minimum atomic E-state index is -0.599. The van der Waals surface area contributed by atoms with E-state index in [0.717, 1.165) is 6.07 Å². The van der Waals surface area contributed by atoms with Crippen LogP contribution in [-0.2, 0) is 4.79 Å². The third kappa shape index (κ3) is 4.34. The van der Waals surface area contributed by atoms with Crippen LogP contribution < -0.4 is 11.1 Å². The summed E-state index contributed by atoms with van der Waals surface area (Å²) in [5, 5.41) is 11.4. The maximum absolute atomic E-state index is 13.1. The third-order valence-corrected chi connectivity index (χ3v) is 2.77. The number of hydrogen-bond donors (Lipinski definition) is 2. The SMILES string of the molecule is CC(C)CC(CN)C(=O)Nc1ccc(F)c(C#N)c1. The summed E-state index contributed by atoms with van der Waals surface area (Å²) in [6.07, 6.45) is 0.689. The van der Waals surface area contributed by atoms with Gasteiger partial charge in [0.15, 0.2) is 0 Å². The zero-order valence-corrected chi connectivity index (χ0v) is 11.1. The van der Waals surface area contributed by atoms with Gasteiger partial charge in [0.25, 0.3) is 0 Å². The van der Waals surface area contributed by atoms with Crippen LogP contribution in [0.5, 0.6) is 0 Å². The lowest BCUT2D eigenvalue weighted by Crippen LogP contribution is -2.30. The molecule has 1 aromatic carbocycles. The molecule has 102 valence electrons. The van der Waals surface area contributed by atoms with Crippen molar-refractivity contribution in [3.8, 4) is 6.07 Å². The number of nitrogens with two attached hydrogens (primary N) is 1. The van der Waals surface area contributed by atoms with E-state index in [2.05, 4.69) is 5.32 Å². The Kier molecular flexibility index (Phi) is 5.46. The van der Waals surface area contributed by atoms with Crippen LogP contribution in [-0.4, -0.2) is 12.5 Å². The molecule has 0 heterocycles. The highest BCUT2D eigenvalue weighted by atomic mass is 19.1. The number of carbonyl (C=O) groups excluding carboxylic acids is 1. The van der Waals surface area contributed by atoms with Crippen molar-refractivity contribution < 1.29 is 9.18 Å². The first-order chi connectivity index (χ1) is 8.97. The van der Waals surface area contributed by atoms with Crippen molar-refractivity contribution in [3.63, 3.8) is 0 Å². The Morgan fingerprint density at radius 1 is 1.53 bits per heavy atom. The fourth-order valence-electron chi connectivity index (χ4n) is 1.81. The quantitative estimate of drug-likeness (QED) is 0.855. The van der Waals surface area contributed by atoms with Crippen molar-refractivity contribution in [1.29, 1.82) is 5.26 Å². The second kappa shape index (κ2) is 6.86. The number of hydrogen-bond acceptors (Lipinski definition) is 3. The topological polar surface area (TPSA) is 78.9 Å². The summed E-state index contributed by atoms with van der Waals surface area (Å²) in [5.74, 6) is -0.720. The number of nitrogens with one attached hydrogen (secondary N) is 1. The molecule has 0 aliphatic carbocycles. The average molecular weight is 263 g/mol. The zero-order chi connectivity index (χ0) is 14.4. The first-order valence-corrected chi connectivity index (χ1v) is 6.18. The van der Waals surface area contributed by atoms with Gasteiger partial charge in [-0.1, -0.05) is 13.8 Å². The number of rotatable bonds is 5. The Bertz CT molecular complexity index is 494. The second-order valence-corrected chi connectivity index (χ2v) is 4.86. The molecule has 0 spiro atoms. The van der Waals surface area contributed by atoms with E-state index in [-0.39, 0.29) is 23.9 Å². The van der Waals surface area contributed by atoms with Crippen LogP contribution in [0, 0.1) is 29.0 Å². The lowest BCUT2D eigenvalue weighted by Gasteiger charge is -2.16. The molecule has 4 nitrogen and oxygen atoms in total. The largest absolute Gasteiger partial charge is 0.330 e. The predicted molar refractivity (Wildman–Crippen MR) is 71.7 cm³/mol. The van der Waals surface area contributed by atoms with Gasteiger partial charge in [-0.15, -0.1) is 0 Å². The Hall–Kier alpha value is -1.93. The lowest BCUT2D eigenvalue weighted by molar-refractivity contribution is -0.120. The van der Waals surface area contributed by atoms with Gasteiger partial charge < -0.3 is 11.1 Å². The summed E-state index contributed by atoms with van der Waals surface area (Å²) in [7, 11) is 0. The minimum Gasteiger partial charge on any atom is -0.330 e. The van der Waals surface area contributed by atoms with Gasteiger partial charge in [0.05, 0.1) is 11.5 Å². The van der Waals surface area contributed by atoms with Crippen molar-refractivity contribution >= 4 is 11.6 Å². The predicted octanol–water partition coefficient (Wildman–Crippen LogP) is 2.26. The highest BCUT2D eigenvalue weighted by Gasteiger charge is 2.18. The van der Waals surface area contributed by atoms with Crippen molar-refractivity contribution in [3.05, 3.63) is 29.6 Å². The van der Waals surface area contributed by atoms with Crippen molar-refractivity contribution in [2.45, 2.75) is 20.3 Å². The van der Waals surface area contributed by atoms with Gasteiger partial charge in [-0.05, 0) is 30.5 Å². The minimum absolute atomic E-state index is 0.0917. The summed E-state index contributed by atoms with van der Waals surface area (Å²) in [5.41, 5.74) is 5.90. The summed E-state index contributed by atoms with van der Waals surface area (Å²) < 4.78 is 13.1. The zero-order valence-electron chi connectivity index (χ0n) is 11.1. The van der Waals surface area contributed by atoms with Crippen LogP contribution in [0.4, 0.5) is 10.1 Å². The van der Waals surface area contributed by atoms with Crippen LogP contribution in [0.25, 0.3) is 0 Å². The van der Waals surface area contributed by atoms with Crippen LogP contribution in [0.3, 0.4) is 0 Å². The highest BCUT2D eigenvalue weighted by molar-refractivity contribution is 5.92. The number of carbonyl (C=O) groups is 1. The first kappa shape index (κ1) is 15.1. The van der Waals surface area contributed by atoms with E-state index in [1.165, 1.54) is 12.1 Å². The Morgan fingerprint density at radius 3 is 2.74 bits per heavy atom. The molecule has 3 N–H and O–H groups in total. The van der Waals surface area contributed by atoms with E-state index in [0.29, 0.717) is 18.0 Å². The molecule has 0 bridgehead atoms. The molecule has 0 aliphatic rings. The summed E-state index contributed by atoms with van der Waals surface area (Å²) >= 11 is 0. The first-order valence-electron chi connectivity index (χ1n) is 6.18. The fourth-order valence-corrected chi connectivity index (χ4v) is 1.81. The molecule has 0 saturated heterocycles. The Labute approximate surface area is 112 Å². The summed E-state index contributed by atoms with van der Waals surface area (Å²) in [4.78, 5) is 12.0. The molecule has 0 aliphatic heterocycles. The van der Waals surface area contributed by atoms with Gasteiger partial charge in [-0.3, -0.25) is 4.79 Å². The van der Waals surface area contributed by atoms with Crippen molar-refractivity contribution in [2.75, 3.05) is 11.9 Å². The van der Waals surface area contributed by atoms with E-state index in [1.54, 1.807) is 6.07 Å². The number of nitrogens with zero attached hydrogens (tertiary/aromatic N) is 1. The second-order valence-electron chi connectivity index (χ2n) is 4.86. The fraction of sp³-hybridized carbons (Fsp3) is 0.429. The van der Waals surface area contributed by atoms with Gasteiger partial charge in [-0.25, -0.2) is 4.39 Å². The van der Waals surface area contributed by atoms with Crippen LogP contribution in [0.1, 0.15) is 25.8 Å². The van der Waals surface area contributed by atoms with Crippen LogP contribution in [0.15, 0.2) is 18.2 Å². The average Bonchev–Trinajstić information content (AvgIpc) is 2.37. The van der Waals surface area contributed by atoms with Crippen LogP contribution in [0.2, 0.25) is 0 Å². The Balaban J connectivity index is 2.79. The monoisotopic (exact) mass is 263 g/mol. The number of benzene rings is 1. The molecule has 1 unspecified atom stereocenters. The van der Waals surface area contributed by atoms with E-state index in [1.807, 2.05) is 13.8 Å². The maximum Gasteiger partial charge on any atom is 0.228 e. The van der Waals surface area contributed by atoms with Crippen LogP contribution >= 0.6 is 0 Å². The number of halogens is 1. The van der Waals surface area contributed by atoms with Crippen molar-refractivity contribution in [1.82, 2.24) is 0 Å². The molecule has 0 aromatic heterocycles. The number of amides is 1. The van der Waals surface area contributed by atoms with E-state index < -0.39 is 5.82 Å². The maximum atomic E-state index is 13.1. The van der Waals surface area contributed by atoms with Gasteiger partial charge in [0.1, 0.15) is 11.9 Å². The molecule has 5 heteroatoms. The Morgan fingerprint density at radius 2 is 2.21 bits per heavy atom. The summed E-state index contributed by atoms with van der Waals surface area (Å²) in [6.45, 7) is 4.29. The number of anilines is 1. The van der Waals surface area contributed by atoms with E-state index in [4.69, 9.17) is 11.0 Å².